The first-order chi connectivity index (χ1) is 6.59. The molecular weight excluding hydrogens is 200 g/mol. The second-order valence-corrected chi connectivity index (χ2v) is 3.74. The molecule has 0 saturated carbocycles. The number of Topliss-reactive ketones (excluding diaryl/α,β-unsaturated/α-hetero) is 1. The van der Waals surface area contributed by atoms with Crippen LogP contribution in [0.15, 0.2) is 22.8 Å². The van der Waals surface area contributed by atoms with Crippen LogP contribution in [0.3, 0.4) is 0 Å². The van der Waals surface area contributed by atoms with E-state index in [0.717, 1.165) is 10.9 Å². The van der Waals surface area contributed by atoms with Gasteiger partial charge < -0.3 is 4.42 Å². The Balaban J connectivity index is 2.90. The van der Waals surface area contributed by atoms with Crippen molar-refractivity contribution >= 4 is 28.4 Å². The van der Waals surface area contributed by atoms with Gasteiger partial charge in [0.25, 0.3) is 0 Å². The molecule has 2 aromatic rings. The molecule has 1 aromatic carbocycles. The van der Waals surface area contributed by atoms with Gasteiger partial charge in [0.1, 0.15) is 5.58 Å². The van der Waals surface area contributed by atoms with E-state index in [9.17, 15) is 4.79 Å². The topological polar surface area (TPSA) is 30.2 Å². The van der Waals surface area contributed by atoms with Gasteiger partial charge in [-0.25, -0.2) is 0 Å². The Morgan fingerprint density at radius 2 is 2.14 bits per heavy atom. The second kappa shape index (κ2) is 3.14. The summed E-state index contributed by atoms with van der Waals surface area (Å²) in [5.41, 5.74) is 2.25. The third-order valence-corrected chi connectivity index (χ3v) is 2.42. The maximum atomic E-state index is 11.4. The lowest BCUT2D eigenvalue weighted by atomic mass is 10.0. The first-order valence-electron chi connectivity index (χ1n) is 4.28. The highest BCUT2D eigenvalue weighted by atomic mass is 35.5. The van der Waals surface area contributed by atoms with Crippen molar-refractivity contribution in [3.05, 3.63) is 34.5 Å². The Kier molecular flexibility index (Phi) is 2.08. The molecule has 0 aliphatic heterocycles. The molecule has 0 N–H and O–H groups in total. The minimum absolute atomic E-state index is 0.00185. The number of benzene rings is 1. The van der Waals surface area contributed by atoms with Gasteiger partial charge in [0.15, 0.2) is 5.78 Å². The molecule has 1 heterocycles. The molecule has 0 unspecified atom stereocenters. The predicted molar refractivity (Wildman–Crippen MR) is 56.0 cm³/mol. The third-order valence-electron chi connectivity index (χ3n) is 2.20. The van der Waals surface area contributed by atoms with Crippen LogP contribution in [-0.2, 0) is 0 Å². The summed E-state index contributed by atoms with van der Waals surface area (Å²) >= 11 is 5.86. The van der Waals surface area contributed by atoms with Crippen LogP contribution in [0, 0.1) is 6.92 Å². The first kappa shape index (κ1) is 9.28. The number of halogens is 1. The standard InChI is InChI=1S/C11H9ClO2/c1-6-5-14-10-4-8(12)3-9(7(2)13)11(6)10/h3-5H,1-2H3. The molecule has 0 saturated heterocycles. The number of aryl methyl sites for hydroxylation is 1. The fraction of sp³-hybridized carbons (Fsp3) is 0.182. The molecule has 0 fully saturated rings. The van der Waals surface area contributed by atoms with E-state index in [1.54, 1.807) is 18.4 Å². The molecule has 0 radical (unpaired) electrons. The molecule has 2 rings (SSSR count). The third kappa shape index (κ3) is 1.32. The zero-order valence-electron chi connectivity index (χ0n) is 7.93. The molecule has 1 aromatic heterocycles. The van der Waals surface area contributed by atoms with Gasteiger partial charge in [-0.05, 0) is 25.5 Å². The van der Waals surface area contributed by atoms with Crippen molar-refractivity contribution in [1.82, 2.24) is 0 Å². The fourth-order valence-electron chi connectivity index (χ4n) is 1.57. The van der Waals surface area contributed by atoms with Crippen molar-refractivity contribution in [2.45, 2.75) is 13.8 Å². The SMILES string of the molecule is CC(=O)c1cc(Cl)cc2occ(C)c12. The highest BCUT2D eigenvalue weighted by Crippen LogP contribution is 2.28. The maximum Gasteiger partial charge on any atom is 0.160 e. The number of fused-ring (bicyclic) bond motifs is 1. The molecule has 0 spiro atoms. The molecule has 72 valence electrons. The van der Waals surface area contributed by atoms with Gasteiger partial charge in [-0.2, -0.15) is 0 Å². The minimum atomic E-state index is 0.00185. The molecule has 2 nitrogen and oxygen atoms in total. The van der Waals surface area contributed by atoms with Gasteiger partial charge in [0.2, 0.25) is 0 Å². The summed E-state index contributed by atoms with van der Waals surface area (Å²) in [6.45, 7) is 3.43. The van der Waals surface area contributed by atoms with Crippen LogP contribution in [0.25, 0.3) is 11.0 Å². The summed E-state index contributed by atoms with van der Waals surface area (Å²) in [6.07, 6.45) is 1.63. The summed E-state index contributed by atoms with van der Waals surface area (Å²) in [5.74, 6) is 0.00185. The normalized spacial score (nSPS) is 10.8. The highest BCUT2D eigenvalue weighted by molar-refractivity contribution is 6.32. The van der Waals surface area contributed by atoms with Gasteiger partial charge in [-0.1, -0.05) is 11.6 Å². The van der Waals surface area contributed by atoms with Gasteiger partial charge in [-0.15, -0.1) is 0 Å². The van der Waals surface area contributed by atoms with Crippen molar-refractivity contribution in [2.24, 2.45) is 0 Å². The number of carbonyl (C=O) groups is 1. The lowest BCUT2D eigenvalue weighted by molar-refractivity contribution is 0.101. The van der Waals surface area contributed by atoms with Crippen LogP contribution in [0.4, 0.5) is 0 Å². The van der Waals surface area contributed by atoms with E-state index in [1.807, 2.05) is 6.92 Å². The number of furan rings is 1. The van der Waals surface area contributed by atoms with Gasteiger partial charge in [0.05, 0.1) is 6.26 Å². The Bertz CT molecular complexity index is 511. The fourth-order valence-corrected chi connectivity index (χ4v) is 1.78. The van der Waals surface area contributed by atoms with Crippen molar-refractivity contribution in [3.8, 4) is 0 Å². The summed E-state index contributed by atoms with van der Waals surface area (Å²) in [4.78, 5) is 11.4. The molecule has 3 heteroatoms. The van der Waals surface area contributed by atoms with Crippen molar-refractivity contribution in [3.63, 3.8) is 0 Å². The zero-order chi connectivity index (χ0) is 10.3. The summed E-state index contributed by atoms with van der Waals surface area (Å²) in [5, 5.41) is 1.39. The minimum Gasteiger partial charge on any atom is -0.464 e. The average molecular weight is 209 g/mol. The van der Waals surface area contributed by atoms with Crippen LogP contribution < -0.4 is 0 Å². The molecule has 0 bridgehead atoms. The van der Waals surface area contributed by atoms with Crippen molar-refractivity contribution < 1.29 is 9.21 Å². The molecule has 0 aliphatic carbocycles. The average Bonchev–Trinajstić information content (AvgIpc) is 2.46. The van der Waals surface area contributed by atoms with Crippen LogP contribution in [0.5, 0.6) is 0 Å². The van der Waals surface area contributed by atoms with Gasteiger partial charge >= 0.3 is 0 Å². The Labute approximate surface area is 86.5 Å². The number of rotatable bonds is 1. The molecule has 0 aliphatic rings. The van der Waals surface area contributed by atoms with Crippen LogP contribution in [0.1, 0.15) is 22.8 Å². The summed E-state index contributed by atoms with van der Waals surface area (Å²) < 4.78 is 5.28. The van der Waals surface area contributed by atoms with E-state index in [-0.39, 0.29) is 5.78 Å². The highest BCUT2D eigenvalue weighted by Gasteiger charge is 2.12. The largest absolute Gasteiger partial charge is 0.464 e. The van der Waals surface area contributed by atoms with E-state index in [2.05, 4.69) is 0 Å². The lowest BCUT2D eigenvalue weighted by Crippen LogP contribution is -1.93. The zero-order valence-corrected chi connectivity index (χ0v) is 8.68. The van der Waals surface area contributed by atoms with E-state index >= 15 is 0 Å². The van der Waals surface area contributed by atoms with Gasteiger partial charge in [-0.3, -0.25) is 4.79 Å². The quantitative estimate of drug-likeness (QED) is 0.671. The van der Waals surface area contributed by atoms with E-state index in [4.69, 9.17) is 16.0 Å². The smallest absolute Gasteiger partial charge is 0.160 e. The maximum absolute atomic E-state index is 11.4. The molecular formula is C11H9ClO2. The van der Waals surface area contributed by atoms with Crippen LogP contribution in [0.2, 0.25) is 5.02 Å². The lowest BCUT2D eigenvalue weighted by Gasteiger charge is -1.99. The monoisotopic (exact) mass is 208 g/mol. The molecule has 14 heavy (non-hydrogen) atoms. The van der Waals surface area contributed by atoms with E-state index < -0.39 is 0 Å². The summed E-state index contributed by atoms with van der Waals surface area (Å²) in [7, 11) is 0. The Hall–Kier alpha value is -1.28. The second-order valence-electron chi connectivity index (χ2n) is 3.30. The van der Waals surface area contributed by atoms with E-state index in [0.29, 0.717) is 16.2 Å². The van der Waals surface area contributed by atoms with Crippen molar-refractivity contribution in [1.29, 1.82) is 0 Å². The van der Waals surface area contributed by atoms with E-state index in [1.165, 1.54) is 6.92 Å². The van der Waals surface area contributed by atoms with Crippen LogP contribution in [-0.4, -0.2) is 5.78 Å². The summed E-state index contributed by atoms with van der Waals surface area (Å²) in [6, 6.07) is 3.39. The first-order valence-corrected chi connectivity index (χ1v) is 4.65. The van der Waals surface area contributed by atoms with Crippen LogP contribution >= 0.6 is 11.6 Å². The number of hydrogen-bond acceptors (Lipinski definition) is 2. The predicted octanol–water partition coefficient (Wildman–Crippen LogP) is 3.60. The molecule has 0 atom stereocenters. The number of carbonyl (C=O) groups excluding carboxylic acids is 1. The molecule has 0 amide bonds. The number of ketones is 1. The number of hydrogen-bond donors (Lipinski definition) is 0. The van der Waals surface area contributed by atoms with Crippen molar-refractivity contribution in [2.75, 3.05) is 0 Å². The Morgan fingerprint density at radius 3 is 2.79 bits per heavy atom. The van der Waals surface area contributed by atoms with Gasteiger partial charge in [0, 0.05) is 22.0 Å². The Morgan fingerprint density at radius 1 is 1.43 bits per heavy atom.